The van der Waals surface area contributed by atoms with E-state index in [1.54, 1.807) is 0 Å². The van der Waals surface area contributed by atoms with E-state index in [0.29, 0.717) is 13.0 Å². The Hall–Kier alpha value is -1.97. The number of primary sulfonamides is 1. The number of ether oxygens (including phenoxy) is 2. The van der Waals surface area contributed by atoms with Crippen LogP contribution < -0.4 is 10.5 Å². The van der Waals surface area contributed by atoms with Gasteiger partial charge in [0, 0.05) is 12.3 Å². The van der Waals surface area contributed by atoms with E-state index in [9.17, 15) is 18.0 Å². The highest BCUT2D eigenvalue weighted by Gasteiger charge is 2.25. The normalized spacial score (nSPS) is 18.0. The molecular formula is C13H16N2O6S. The van der Waals surface area contributed by atoms with Crippen molar-refractivity contribution in [3.8, 4) is 0 Å². The van der Waals surface area contributed by atoms with Gasteiger partial charge in [0.25, 0.3) is 5.91 Å². The molecule has 2 rings (SSSR count). The summed E-state index contributed by atoms with van der Waals surface area (Å²) in [4.78, 5) is 23.1. The van der Waals surface area contributed by atoms with Gasteiger partial charge >= 0.3 is 5.97 Å². The topological polar surface area (TPSA) is 125 Å². The minimum Gasteiger partial charge on any atom is -0.454 e. The molecule has 22 heavy (non-hydrogen) atoms. The van der Waals surface area contributed by atoms with Crippen LogP contribution in [0, 0.1) is 0 Å². The molecule has 1 fully saturated rings. The van der Waals surface area contributed by atoms with Gasteiger partial charge in [-0.1, -0.05) is 6.07 Å². The van der Waals surface area contributed by atoms with Crippen LogP contribution in [0.25, 0.3) is 0 Å². The van der Waals surface area contributed by atoms with E-state index in [1.807, 2.05) is 0 Å². The average molecular weight is 328 g/mol. The first-order chi connectivity index (χ1) is 10.4. The Morgan fingerprint density at radius 2 is 2.18 bits per heavy atom. The van der Waals surface area contributed by atoms with Gasteiger partial charge in [0.15, 0.2) is 12.7 Å². The second kappa shape index (κ2) is 6.86. The second-order valence-electron chi connectivity index (χ2n) is 4.73. The van der Waals surface area contributed by atoms with Crippen LogP contribution in [-0.2, 0) is 29.1 Å². The molecule has 1 amide bonds. The molecule has 1 atom stereocenters. The molecule has 0 radical (unpaired) electrons. The molecule has 0 unspecified atom stereocenters. The summed E-state index contributed by atoms with van der Waals surface area (Å²) in [6.07, 6.45) is 0.752. The van der Waals surface area contributed by atoms with Crippen molar-refractivity contribution < 1.29 is 27.5 Å². The highest BCUT2D eigenvalue weighted by atomic mass is 32.2. The Kier molecular flexibility index (Phi) is 5.11. The standard InChI is InChI=1S/C13H16N2O6S/c14-22(18,19)10-4-1-3-9(7-10)15-12(16)8-21-13(17)11-5-2-6-20-11/h1,3-4,7,11H,2,5-6,8H2,(H,15,16)(H2,14,18,19)/t11-/m1/s1. The minimum atomic E-state index is -3.85. The van der Waals surface area contributed by atoms with Crippen molar-refractivity contribution in [3.63, 3.8) is 0 Å². The van der Waals surface area contributed by atoms with Crippen molar-refractivity contribution in [2.75, 3.05) is 18.5 Å². The molecule has 1 saturated heterocycles. The van der Waals surface area contributed by atoms with Gasteiger partial charge in [-0.3, -0.25) is 4.79 Å². The Balaban J connectivity index is 1.88. The third-order valence-electron chi connectivity index (χ3n) is 2.98. The van der Waals surface area contributed by atoms with Crippen molar-refractivity contribution in [2.24, 2.45) is 5.14 Å². The maximum atomic E-state index is 11.7. The number of amides is 1. The number of carbonyl (C=O) groups is 2. The lowest BCUT2D eigenvalue weighted by Crippen LogP contribution is -2.27. The zero-order valence-corrected chi connectivity index (χ0v) is 12.5. The van der Waals surface area contributed by atoms with Crippen molar-refractivity contribution >= 4 is 27.6 Å². The predicted molar refractivity (Wildman–Crippen MR) is 76.4 cm³/mol. The molecule has 0 bridgehead atoms. The van der Waals surface area contributed by atoms with Gasteiger partial charge in [-0.05, 0) is 31.0 Å². The van der Waals surface area contributed by atoms with Crippen LogP contribution in [-0.4, -0.2) is 39.6 Å². The summed E-state index contributed by atoms with van der Waals surface area (Å²) in [5.74, 6) is -1.16. The van der Waals surface area contributed by atoms with Gasteiger partial charge in [-0.25, -0.2) is 18.4 Å². The van der Waals surface area contributed by atoms with E-state index in [0.717, 1.165) is 6.42 Å². The van der Waals surface area contributed by atoms with Crippen molar-refractivity contribution in [2.45, 2.75) is 23.8 Å². The van der Waals surface area contributed by atoms with Gasteiger partial charge in [0.05, 0.1) is 4.90 Å². The average Bonchev–Trinajstić information content (AvgIpc) is 2.98. The third kappa shape index (κ3) is 4.52. The summed E-state index contributed by atoms with van der Waals surface area (Å²) in [7, 11) is -3.85. The Bertz CT molecular complexity index is 667. The number of nitrogens with one attached hydrogen (secondary N) is 1. The summed E-state index contributed by atoms with van der Waals surface area (Å²) in [6.45, 7) is 0.0324. The van der Waals surface area contributed by atoms with Crippen LogP contribution in [0.4, 0.5) is 5.69 Å². The summed E-state index contributed by atoms with van der Waals surface area (Å²) >= 11 is 0. The van der Waals surface area contributed by atoms with Crippen LogP contribution in [0.1, 0.15) is 12.8 Å². The molecule has 0 aliphatic carbocycles. The number of benzene rings is 1. The molecular weight excluding hydrogens is 312 g/mol. The molecule has 1 aliphatic rings. The predicted octanol–water partition coefficient (Wildman–Crippen LogP) is -0.00530. The molecule has 0 spiro atoms. The van der Waals surface area contributed by atoms with E-state index < -0.39 is 34.6 Å². The number of hydrogen-bond acceptors (Lipinski definition) is 6. The maximum Gasteiger partial charge on any atom is 0.335 e. The number of esters is 1. The van der Waals surface area contributed by atoms with Crippen molar-refractivity contribution in [3.05, 3.63) is 24.3 Å². The fourth-order valence-electron chi connectivity index (χ4n) is 1.94. The highest BCUT2D eigenvalue weighted by molar-refractivity contribution is 7.89. The van der Waals surface area contributed by atoms with Crippen LogP contribution in [0.3, 0.4) is 0 Å². The first kappa shape index (κ1) is 16.4. The fraction of sp³-hybridized carbons (Fsp3) is 0.385. The molecule has 120 valence electrons. The number of anilines is 1. The first-order valence-corrected chi connectivity index (χ1v) is 8.12. The molecule has 1 aromatic carbocycles. The third-order valence-corrected chi connectivity index (χ3v) is 3.90. The number of rotatable bonds is 5. The van der Waals surface area contributed by atoms with Gasteiger partial charge in [-0.15, -0.1) is 0 Å². The summed E-state index contributed by atoms with van der Waals surface area (Å²) < 4.78 is 32.4. The van der Waals surface area contributed by atoms with Gasteiger partial charge < -0.3 is 14.8 Å². The lowest BCUT2D eigenvalue weighted by molar-refractivity contribution is -0.156. The molecule has 9 heteroatoms. The Morgan fingerprint density at radius 1 is 1.41 bits per heavy atom. The fourth-order valence-corrected chi connectivity index (χ4v) is 2.50. The van der Waals surface area contributed by atoms with Crippen LogP contribution in [0.2, 0.25) is 0 Å². The SMILES string of the molecule is NS(=O)(=O)c1cccc(NC(=O)COC(=O)[C@H]2CCCO2)c1. The molecule has 3 N–H and O–H groups in total. The first-order valence-electron chi connectivity index (χ1n) is 6.57. The lowest BCUT2D eigenvalue weighted by Gasteiger charge is -2.10. The van der Waals surface area contributed by atoms with E-state index >= 15 is 0 Å². The lowest BCUT2D eigenvalue weighted by atomic mass is 10.2. The van der Waals surface area contributed by atoms with E-state index in [-0.39, 0.29) is 10.6 Å². The molecule has 1 heterocycles. The Morgan fingerprint density at radius 3 is 2.82 bits per heavy atom. The van der Waals surface area contributed by atoms with Crippen LogP contribution >= 0.6 is 0 Å². The molecule has 1 aliphatic heterocycles. The molecule has 0 saturated carbocycles. The minimum absolute atomic E-state index is 0.123. The number of hydrogen-bond donors (Lipinski definition) is 2. The summed E-state index contributed by atoms with van der Waals surface area (Å²) in [5, 5.41) is 7.42. The van der Waals surface area contributed by atoms with Gasteiger partial charge in [0.1, 0.15) is 0 Å². The van der Waals surface area contributed by atoms with Crippen LogP contribution in [0.15, 0.2) is 29.2 Å². The zero-order chi connectivity index (χ0) is 16.2. The van der Waals surface area contributed by atoms with E-state index in [2.05, 4.69) is 5.32 Å². The van der Waals surface area contributed by atoms with E-state index in [1.165, 1.54) is 24.3 Å². The molecule has 8 nitrogen and oxygen atoms in total. The largest absolute Gasteiger partial charge is 0.454 e. The molecule has 0 aromatic heterocycles. The van der Waals surface area contributed by atoms with Crippen molar-refractivity contribution in [1.29, 1.82) is 0 Å². The number of sulfonamides is 1. The zero-order valence-electron chi connectivity index (χ0n) is 11.7. The monoisotopic (exact) mass is 328 g/mol. The molecule has 1 aromatic rings. The van der Waals surface area contributed by atoms with E-state index in [4.69, 9.17) is 14.6 Å². The highest BCUT2D eigenvalue weighted by Crippen LogP contribution is 2.15. The number of nitrogens with two attached hydrogens (primary N) is 1. The Labute approximate surface area is 127 Å². The number of carbonyl (C=O) groups excluding carboxylic acids is 2. The van der Waals surface area contributed by atoms with Crippen molar-refractivity contribution in [1.82, 2.24) is 0 Å². The van der Waals surface area contributed by atoms with Gasteiger partial charge in [-0.2, -0.15) is 0 Å². The smallest absolute Gasteiger partial charge is 0.335 e. The second-order valence-corrected chi connectivity index (χ2v) is 6.29. The maximum absolute atomic E-state index is 11.7. The quantitative estimate of drug-likeness (QED) is 0.733. The van der Waals surface area contributed by atoms with Gasteiger partial charge in [0.2, 0.25) is 10.0 Å². The summed E-state index contributed by atoms with van der Waals surface area (Å²) in [5.41, 5.74) is 0.240. The summed E-state index contributed by atoms with van der Waals surface area (Å²) in [6, 6.07) is 5.46. The van der Waals surface area contributed by atoms with Crippen LogP contribution in [0.5, 0.6) is 0 Å².